The standard InChI is InChI=1S/C15H27FN4O4/c1-14(2,3)24-13(22)19-9-7-18(8-10-19)12(21)11-20(17-5)15(4,16)23-6/h5,7-11H2,1-4,6H3. The fraction of sp³-hybridized carbons (Fsp3) is 0.800. The Balaban J connectivity index is 2.54. The Hall–Kier alpha value is -1.90. The van der Waals surface area contributed by atoms with Gasteiger partial charge in [-0.15, -0.1) is 0 Å². The van der Waals surface area contributed by atoms with Crippen LogP contribution >= 0.6 is 0 Å². The van der Waals surface area contributed by atoms with E-state index in [1.807, 2.05) is 0 Å². The lowest BCUT2D eigenvalue weighted by Crippen LogP contribution is -2.54. The molecule has 1 unspecified atom stereocenters. The molecular formula is C15H27FN4O4. The Morgan fingerprint density at radius 3 is 2.08 bits per heavy atom. The van der Waals surface area contributed by atoms with Gasteiger partial charge in [-0.3, -0.25) is 4.79 Å². The minimum absolute atomic E-state index is 0.295. The molecule has 0 radical (unpaired) electrons. The third-order valence-corrected chi connectivity index (χ3v) is 3.57. The summed E-state index contributed by atoms with van der Waals surface area (Å²) in [5.74, 6) is -2.53. The highest BCUT2D eigenvalue weighted by Crippen LogP contribution is 2.18. The Bertz CT molecular complexity index is 471. The number of nitrogens with zero attached hydrogens (tertiary/aromatic N) is 4. The highest BCUT2D eigenvalue weighted by Gasteiger charge is 2.34. The molecule has 9 heteroatoms. The third kappa shape index (κ3) is 5.63. The summed E-state index contributed by atoms with van der Waals surface area (Å²) < 4.78 is 24.0. The van der Waals surface area contributed by atoms with E-state index < -0.39 is 17.7 Å². The van der Waals surface area contributed by atoms with Gasteiger partial charge in [0.15, 0.2) is 0 Å². The number of hydrogen-bond donors (Lipinski definition) is 0. The van der Waals surface area contributed by atoms with Crippen molar-refractivity contribution in [3.63, 3.8) is 0 Å². The summed E-state index contributed by atoms with van der Waals surface area (Å²) in [6.07, 6.45) is -0.403. The zero-order chi connectivity index (χ0) is 18.5. The first-order chi connectivity index (χ1) is 11.0. The van der Waals surface area contributed by atoms with Crippen LogP contribution in [0.4, 0.5) is 9.18 Å². The van der Waals surface area contributed by atoms with Gasteiger partial charge in [0.1, 0.15) is 12.1 Å². The van der Waals surface area contributed by atoms with Gasteiger partial charge >= 0.3 is 12.1 Å². The van der Waals surface area contributed by atoms with Crippen molar-refractivity contribution in [3.8, 4) is 0 Å². The molecule has 0 aromatic carbocycles. The van der Waals surface area contributed by atoms with E-state index in [4.69, 9.17) is 4.74 Å². The quantitative estimate of drug-likeness (QED) is 0.324. The highest BCUT2D eigenvalue weighted by atomic mass is 19.2. The molecule has 1 rings (SSSR count). The van der Waals surface area contributed by atoms with E-state index in [0.29, 0.717) is 26.2 Å². The molecule has 0 bridgehead atoms. The van der Waals surface area contributed by atoms with Gasteiger partial charge < -0.3 is 19.3 Å². The maximum Gasteiger partial charge on any atom is 0.410 e. The summed E-state index contributed by atoms with van der Waals surface area (Å²) in [6, 6.07) is 0. The Kier molecular flexibility index (Phi) is 6.53. The molecule has 0 aliphatic carbocycles. The molecule has 1 aliphatic heterocycles. The fourth-order valence-corrected chi connectivity index (χ4v) is 2.12. The van der Waals surface area contributed by atoms with E-state index in [0.717, 1.165) is 11.9 Å². The zero-order valence-corrected chi connectivity index (χ0v) is 15.0. The van der Waals surface area contributed by atoms with Crippen LogP contribution in [0.3, 0.4) is 0 Å². The van der Waals surface area contributed by atoms with E-state index in [9.17, 15) is 14.0 Å². The summed E-state index contributed by atoms with van der Waals surface area (Å²) in [5.41, 5.74) is -0.564. The fourth-order valence-electron chi connectivity index (χ4n) is 2.12. The lowest BCUT2D eigenvalue weighted by atomic mass is 10.2. The molecule has 1 fully saturated rings. The van der Waals surface area contributed by atoms with E-state index in [1.165, 1.54) is 7.11 Å². The van der Waals surface area contributed by atoms with Crippen molar-refractivity contribution in [3.05, 3.63) is 0 Å². The van der Waals surface area contributed by atoms with Crippen LogP contribution in [0.5, 0.6) is 0 Å². The number of amides is 2. The average molecular weight is 346 g/mol. The maximum atomic E-state index is 14.1. The van der Waals surface area contributed by atoms with Gasteiger partial charge in [-0.25, -0.2) is 9.80 Å². The number of carbonyl (C=O) groups excluding carboxylic acids is 2. The molecule has 0 N–H and O–H groups in total. The summed E-state index contributed by atoms with van der Waals surface area (Å²) >= 11 is 0. The van der Waals surface area contributed by atoms with Gasteiger partial charge in [-0.1, -0.05) is 0 Å². The Labute approximate surface area is 142 Å². The predicted molar refractivity (Wildman–Crippen MR) is 87.2 cm³/mol. The smallest absolute Gasteiger partial charge is 0.410 e. The average Bonchev–Trinajstić information content (AvgIpc) is 2.50. The molecule has 0 aromatic rings. The SMILES string of the molecule is C=NN(CC(=O)N1CCN(C(=O)OC(C)(C)C)CC1)C(C)(F)OC. The number of methoxy groups -OCH3 is 1. The molecule has 138 valence electrons. The number of ether oxygens (including phenoxy) is 2. The number of alkyl halides is 1. The largest absolute Gasteiger partial charge is 0.444 e. The van der Waals surface area contributed by atoms with Crippen molar-refractivity contribution in [2.45, 2.75) is 39.3 Å². The van der Waals surface area contributed by atoms with Crippen molar-refractivity contribution in [2.75, 3.05) is 39.8 Å². The minimum Gasteiger partial charge on any atom is -0.444 e. The third-order valence-electron chi connectivity index (χ3n) is 3.57. The van der Waals surface area contributed by atoms with E-state index in [1.54, 1.807) is 30.6 Å². The van der Waals surface area contributed by atoms with Gasteiger partial charge in [-0.05, 0) is 20.8 Å². The van der Waals surface area contributed by atoms with Crippen molar-refractivity contribution in [1.29, 1.82) is 0 Å². The van der Waals surface area contributed by atoms with Gasteiger partial charge in [0.2, 0.25) is 5.91 Å². The topological polar surface area (TPSA) is 74.7 Å². The molecule has 0 aromatic heterocycles. The van der Waals surface area contributed by atoms with Crippen molar-refractivity contribution in [1.82, 2.24) is 14.8 Å². The van der Waals surface area contributed by atoms with Crippen LogP contribution < -0.4 is 0 Å². The van der Waals surface area contributed by atoms with Crippen molar-refractivity contribution in [2.24, 2.45) is 5.10 Å². The second kappa shape index (κ2) is 7.78. The molecule has 1 atom stereocenters. The van der Waals surface area contributed by atoms with Crippen LogP contribution in [-0.2, 0) is 14.3 Å². The number of hydrazone groups is 1. The molecule has 0 spiro atoms. The lowest BCUT2D eigenvalue weighted by Gasteiger charge is -2.37. The molecule has 2 amide bonds. The summed E-state index contributed by atoms with van der Waals surface area (Å²) in [5, 5.41) is 4.34. The molecule has 0 saturated carbocycles. The molecular weight excluding hydrogens is 319 g/mol. The summed E-state index contributed by atoms with van der Waals surface area (Å²) in [6.45, 7) is 10.9. The molecule has 1 saturated heterocycles. The Morgan fingerprint density at radius 2 is 1.67 bits per heavy atom. The van der Waals surface area contributed by atoms with Crippen LogP contribution in [0.15, 0.2) is 5.10 Å². The summed E-state index contributed by atoms with van der Waals surface area (Å²) in [4.78, 5) is 27.4. The number of rotatable bonds is 5. The van der Waals surface area contributed by atoms with Crippen molar-refractivity contribution >= 4 is 18.7 Å². The second-order valence-electron chi connectivity index (χ2n) is 6.62. The van der Waals surface area contributed by atoms with Gasteiger partial charge in [0.05, 0.1) is 0 Å². The van der Waals surface area contributed by atoms with Crippen LogP contribution in [0.2, 0.25) is 0 Å². The first-order valence-electron chi connectivity index (χ1n) is 7.74. The molecule has 1 aliphatic rings. The first kappa shape index (κ1) is 20.1. The normalized spacial score (nSPS) is 17.9. The number of carbonyl (C=O) groups is 2. The number of halogens is 1. The van der Waals surface area contributed by atoms with Gasteiger partial charge in [0, 0.05) is 46.9 Å². The molecule has 24 heavy (non-hydrogen) atoms. The maximum absolute atomic E-state index is 14.1. The highest BCUT2D eigenvalue weighted by molar-refractivity contribution is 5.78. The van der Waals surface area contributed by atoms with Gasteiger partial charge in [0.25, 0.3) is 0 Å². The molecule has 1 heterocycles. The van der Waals surface area contributed by atoms with Gasteiger partial charge in [-0.2, -0.15) is 9.49 Å². The van der Waals surface area contributed by atoms with E-state index in [-0.39, 0.29) is 12.5 Å². The zero-order valence-electron chi connectivity index (χ0n) is 15.0. The minimum atomic E-state index is -2.21. The van der Waals surface area contributed by atoms with Crippen molar-refractivity contribution < 1.29 is 23.5 Å². The van der Waals surface area contributed by atoms with Crippen LogP contribution in [0.25, 0.3) is 0 Å². The predicted octanol–water partition coefficient (Wildman–Crippen LogP) is 1.27. The monoisotopic (exact) mass is 346 g/mol. The van der Waals surface area contributed by atoms with Crippen LogP contribution in [0, 0.1) is 0 Å². The summed E-state index contributed by atoms with van der Waals surface area (Å²) in [7, 11) is 1.18. The molecule has 8 nitrogen and oxygen atoms in total. The lowest BCUT2D eigenvalue weighted by molar-refractivity contribution is -0.216. The Morgan fingerprint density at radius 1 is 1.17 bits per heavy atom. The first-order valence-corrected chi connectivity index (χ1v) is 7.74. The van der Waals surface area contributed by atoms with Crippen LogP contribution in [-0.4, -0.2) is 84.9 Å². The number of piperazine rings is 1. The van der Waals surface area contributed by atoms with E-state index in [2.05, 4.69) is 16.6 Å². The van der Waals surface area contributed by atoms with Crippen LogP contribution in [0.1, 0.15) is 27.7 Å². The number of hydrogen-bond acceptors (Lipinski definition) is 6. The second-order valence-corrected chi connectivity index (χ2v) is 6.62. The van der Waals surface area contributed by atoms with E-state index >= 15 is 0 Å².